The molecule has 1 unspecified atom stereocenters. The predicted molar refractivity (Wildman–Crippen MR) is 104 cm³/mol. The number of nitrogens with one attached hydrogen (secondary N) is 2. The molecule has 140 valence electrons. The number of carbonyl (C=O) groups excluding carboxylic acids is 2. The standard InChI is InChI=1S/C20H27N3O2S/c1-19(2)9-12(10-20(3,4)22-19)21-16(24)15-11-26-18-14-8-6-5-7-13(14)17(25)23(15)18/h5-8,12,15,18,22H,9-11H2,1-4H3,(H,21,24)/t15-,18?/m0/s1. The van der Waals surface area contributed by atoms with Crippen LogP contribution in [0.5, 0.6) is 0 Å². The summed E-state index contributed by atoms with van der Waals surface area (Å²) in [6, 6.07) is 7.45. The zero-order chi connectivity index (χ0) is 18.7. The number of amides is 2. The highest BCUT2D eigenvalue weighted by Crippen LogP contribution is 2.48. The molecule has 3 aliphatic heterocycles. The Morgan fingerprint density at radius 1 is 1.19 bits per heavy atom. The summed E-state index contributed by atoms with van der Waals surface area (Å²) in [6.45, 7) is 8.70. The highest BCUT2D eigenvalue weighted by molar-refractivity contribution is 7.99. The molecule has 3 heterocycles. The van der Waals surface area contributed by atoms with Crippen LogP contribution in [0.3, 0.4) is 0 Å². The Balaban J connectivity index is 1.49. The van der Waals surface area contributed by atoms with Gasteiger partial charge in [-0.15, -0.1) is 11.8 Å². The number of hydrogen-bond acceptors (Lipinski definition) is 4. The maximum Gasteiger partial charge on any atom is 0.256 e. The quantitative estimate of drug-likeness (QED) is 0.837. The Morgan fingerprint density at radius 2 is 1.85 bits per heavy atom. The van der Waals surface area contributed by atoms with E-state index in [1.54, 1.807) is 16.7 Å². The number of piperidine rings is 1. The van der Waals surface area contributed by atoms with E-state index in [-0.39, 0.29) is 40.3 Å². The zero-order valence-corrected chi connectivity index (χ0v) is 16.7. The van der Waals surface area contributed by atoms with E-state index in [1.165, 1.54) is 0 Å². The SMILES string of the molecule is CC1(C)CC(NC(=O)[C@@H]2CSC3c4ccccc4C(=O)N32)CC(C)(C)N1. The van der Waals surface area contributed by atoms with E-state index in [0.717, 1.165) is 24.0 Å². The number of hydrogen-bond donors (Lipinski definition) is 2. The fourth-order valence-electron chi connectivity index (χ4n) is 4.96. The van der Waals surface area contributed by atoms with E-state index < -0.39 is 0 Å². The van der Waals surface area contributed by atoms with Crippen molar-refractivity contribution in [2.75, 3.05) is 5.75 Å². The van der Waals surface area contributed by atoms with Crippen LogP contribution in [0.15, 0.2) is 24.3 Å². The van der Waals surface area contributed by atoms with Crippen LogP contribution in [0.25, 0.3) is 0 Å². The van der Waals surface area contributed by atoms with Gasteiger partial charge in [-0.25, -0.2) is 0 Å². The van der Waals surface area contributed by atoms with Crippen molar-refractivity contribution in [2.24, 2.45) is 0 Å². The second-order valence-corrected chi connectivity index (χ2v) is 10.1. The molecule has 3 aliphatic rings. The Labute approximate surface area is 159 Å². The number of carbonyl (C=O) groups is 2. The van der Waals surface area contributed by atoms with Gasteiger partial charge in [0.05, 0.1) is 0 Å². The molecule has 26 heavy (non-hydrogen) atoms. The number of thioether (sulfide) groups is 1. The van der Waals surface area contributed by atoms with Gasteiger partial charge in [-0.1, -0.05) is 18.2 Å². The largest absolute Gasteiger partial charge is 0.351 e. The maximum absolute atomic E-state index is 13.0. The minimum Gasteiger partial charge on any atom is -0.351 e. The fraction of sp³-hybridized carbons (Fsp3) is 0.600. The molecule has 4 rings (SSSR count). The molecule has 2 fully saturated rings. The second kappa shape index (κ2) is 5.99. The van der Waals surface area contributed by atoms with Crippen LogP contribution in [0.2, 0.25) is 0 Å². The molecule has 2 N–H and O–H groups in total. The van der Waals surface area contributed by atoms with Crippen LogP contribution < -0.4 is 10.6 Å². The van der Waals surface area contributed by atoms with Gasteiger partial charge in [0, 0.05) is 28.4 Å². The van der Waals surface area contributed by atoms with E-state index in [4.69, 9.17) is 0 Å². The Morgan fingerprint density at radius 3 is 2.54 bits per heavy atom. The van der Waals surface area contributed by atoms with Crippen LogP contribution in [0.4, 0.5) is 0 Å². The molecular formula is C20H27N3O2S. The highest BCUT2D eigenvalue weighted by atomic mass is 32.2. The van der Waals surface area contributed by atoms with Crippen molar-refractivity contribution in [1.82, 2.24) is 15.5 Å². The van der Waals surface area contributed by atoms with Crippen LogP contribution in [-0.2, 0) is 4.79 Å². The molecule has 0 spiro atoms. The lowest BCUT2D eigenvalue weighted by atomic mass is 9.79. The smallest absolute Gasteiger partial charge is 0.256 e. The van der Waals surface area contributed by atoms with Gasteiger partial charge in [0.1, 0.15) is 11.4 Å². The second-order valence-electron chi connectivity index (χ2n) is 9.01. The van der Waals surface area contributed by atoms with Gasteiger partial charge in [-0.05, 0) is 52.2 Å². The van der Waals surface area contributed by atoms with E-state index in [9.17, 15) is 9.59 Å². The average Bonchev–Trinajstić information content (AvgIpc) is 3.05. The topological polar surface area (TPSA) is 61.4 Å². The van der Waals surface area contributed by atoms with Crippen LogP contribution >= 0.6 is 11.8 Å². The summed E-state index contributed by atoms with van der Waals surface area (Å²) in [5, 5.41) is 6.87. The van der Waals surface area contributed by atoms with Crippen molar-refractivity contribution < 1.29 is 9.59 Å². The lowest BCUT2D eigenvalue weighted by Crippen LogP contribution is -2.63. The molecule has 0 radical (unpaired) electrons. The van der Waals surface area contributed by atoms with Gasteiger partial charge in [-0.2, -0.15) is 0 Å². The molecule has 1 aromatic rings. The van der Waals surface area contributed by atoms with E-state index >= 15 is 0 Å². The summed E-state index contributed by atoms with van der Waals surface area (Å²) < 4.78 is 0. The molecule has 0 saturated carbocycles. The normalized spacial score (nSPS) is 29.4. The first-order valence-corrected chi connectivity index (χ1v) is 10.3. The van der Waals surface area contributed by atoms with Gasteiger partial charge < -0.3 is 15.5 Å². The van der Waals surface area contributed by atoms with E-state index in [0.29, 0.717) is 5.75 Å². The lowest BCUT2D eigenvalue weighted by molar-refractivity contribution is -0.126. The van der Waals surface area contributed by atoms with Crippen molar-refractivity contribution in [1.29, 1.82) is 0 Å². The average molecular weight is 374 g/mol. The highest BCUT2D eigenvalue weighted by Gasteiger charge is 2.49. The molecule has 0 aromatic heterocycles. The van der Waals surface area contributed by atoms with Gasteiger partial charge in [0.2, 0.25) is 5.91 Å². The van der Waals surface area contributed by atoms with Gasteiger partial charge in [0.25, 0.3) is 5.91 Å². The number of nitrogens with zero attached hydrogens (tertiary/aromatic N) is 1. The number of rotatable bonds is 2. The molecule has 1 aromatic carbocycles. The molecule has 2 atom stereocenters. The molecule has 5 nitrogen and oxygen atoms in total. The van der Waals surface area contributed by atoms with Gasteiger partial charge in [0.15, 0.2) is 0 Å². The summed E-state index contributed by atoms with van der Waals surface area (Å²) in [6.07, 6.45) is 1.78. The van der Waals surface area contributed by atoms with Crippen molar-refractivity contribution >= 4 is 23.6 Å². The summed E-state index contributed by atoms with van der Waals surface area (Å²) in [5.74, 6) is 0.635. The lowest BCUT2D eigenvalue weighted by Gasteiger charge is -2.46. The van der Waals surface area contributed by atoms with Crippen molar-refractivity contribution in [2.45, 2.75) is 69.1 Å². The Kier molecular flexibility index (Phi) is 4.12. The molecule has 0 bridgehead atoms. The van der Waals surface area contributed by atoms with Gasteiger partial charge in [-0.3, -0.25) is 9.59 Å². The summed E-state index contributed by atoms with van der Waals surface area (Å²) >= 11 is 1.69. The molecule has 0 aliphatic carbocycles. The first-order chi connectivity index (χ1) is 12.2. The molecule has 6 heteroatoms. The third-order valence-corrected chi connectivity index (χ3v) is 6.84. The van der Waals surface area contributed by atoms with E-state index in [2.05, 4.69) is 38.3 Å². The third-order valence-electron chi connectivity index (χ3n) is 5.53. The molecule has 2 amide bonds. The molecular weight excluding hydrogens is 346 g/mol. The Hall–Kier alpha value is -1.53. The molecule has 2 saturated heterocycles. The third kappa shape index (κ3) is 3.03. The predicted octanol–water partition coefficient (Wildman–Crippen LogP) is 2.68. The monoisotopic (exact) mass is 373 g/mol. The van der Waals surface area contributed by atoms with Crippen molar-refractivity contribution in [3.63, 3.8) is 0 Å². The minimum atomic E-state index is -0.383. The van der Waals surface area contributed by atoms with Crippen LogP contribution in [-0.4, -0.2) is 45.6 Å². The van der Waals surface area contributed by atoms with Crippen molar-refractivity contribution in [3.8, 4) is 0 Å². The number of benzene rings is 1. The van der Waals surface area contributed by atoms with Gasteiger partial charge >= 0.3 is 0 Å². The van der Waals surface area contributed by atoms with E-state index in [1.807, 2.05) is 24.3 Å². The number of fused-ring (bicyclic) bond motifs is 3. The summed E-state index contributed by atoms with van der Waals surface area (Å²) in [7, 11) is 0. The first kappa shape index (κ1) is 17.9. The van der Waals surface area contributed by atoms with Crippen molar-refractivity contribution in [3.05, 3.63) is 35.4 Å². The minimum absolute atomic E-state index is 0.0123. The maximum atomic E-state index is 13.0. The first-order valence-electron chi connectivity index (χ1n) is 9.30. The summed E-state index contributed by atoms with van der Waals surface area (Å²) in [4.78, 5) is 27.6. The Bertz CT molecular complexity index is 745. The van der Waals surface area contributed by atoms with Crippen LogP contribution in [0, 0.1) is 0 Å². The summed E-state index contributed by atoms with van der Waals surface area (Å²) in [5.41, 5.74) is 1.74. The fourth-order valence-corrected chi connectivity index (χ4v) is 6.43. The zero-order valence-electron chi connectivity index (χ0n) is 15.8. The van der Waals surface area contributed by atoms with Crippen LogP contribution in [0.1, 0.15) is 61.8 Å².